The number of nitro groups is 1. The lowest BCUT2D eigenvalue weighted by molar-refractivity contribution is -0.386. The van der Waals surface area contributed by atoms with Crippen LogP contribution in [0.1, 0.15) is 16.7 Å². The SMILES string of the molecule is CO[C@H]1O[C@H](COCc2ccccc2[N+](=O)[O-])[C@@H](O)[C@H](OCc2ccccc2)[C@@H]1OCc1ccccc1. The molecule has 0 aliphatic carbocycles. The summed E-state index contributed by atoms with van der Waals surface area (Å²) < 4.78 is 29.7. The Balaban J connectivity index is 1.46. The molecule has 37 heavy (non-hydrogen) atoms. The third-order valence-electron chi connectivity index (χ3n) is 6.15. The van der Waals surface area contributed by atoms with Crippen LogP contribution in [0.3, 0.4) is 0 Å². The first-order valence-electron chi connectivity index (χ1n) is 12.0. The normalized spacial score (nSPS) is 23.6. The van der Waals surface area contributed by atoms with Crippen molar-refractivity contribution in [1.29, 1.82) is 0 Å². The van der Waals surface area contributed by atoms with E-state index in [1.54, 1.807) is 18.2 Å². The van der Waals surface area contributed by atoms with Gasteiger partial charge >= 0.3 is 0 Å². The van der Waals surface area contributed by atoms with Crippen molar-refractivity contribution in [1.82, 2.24) is 0 Å². The van der Waals surface area contributed by atoms with Crippen molar-refractivity contribution in [3.8, 4) is 0 Å². The molecule has 0 aromatic heterocycles. The molecule has 4 rings (SSSR count). The van der Waals surface area contributed by atoms with E-state index >= 15 is 0 Å². The fourth-order valence-electron chi connectivity index (χ4n) is 4.21. The van der Waals surface area contributed by atoms with Gasteiger partial charge in [-0.1, -0.05) is 72.8 Å². The molecule has 0 radical (unpaired) electrons. The number of hydrogen-bond donors (Lipinski definition) is 1. The van der Waals surface area contributed by atoms with Gasteiger partial charge in [-0.05, 0) is 17.2 Å². The zero-order valence-corrected chi connectivity index (χ0v) is 20.6. The van der Waals surface area contributed by atoms with E-state index < -0.39 is 35.6 Å². The highest BCUT2D eigenvalue weighted by Gasteiger charge is 2.47. The van der Waals surface area contributed by atoms with E-state index in [1.165, 1.54) is 13.2 Å². The maximum atomic E-state index is 11.3. The smallest absolute Gasteiger partial charge is 0.274 e. The number of nitrogens with zero attached hydrogens (tertiary/aromatic N) is 1. The van der Waals surface area contributed by atoms with Gasteiger partial charge in [-0.25, -0.2) is 0 Å². The average molecular weight is 510 g/mol. The Hall–Kier alpha value is -3.18. The van der Waals surface area contributed by atoms with Gasteiger partial charge in [0.15, 0.2) is 6.29 Å². The predicted molar refractivity (Wildman–Crippen MR) is 134 cm³/mol. The van der Waals surface area contributed by atoms with Crippen molar-refractivity contribution in [3.05, 3.63) is 112 Å². The predicted octanol–water partition coefficient (Wildman–Crippen LogP) is 4.01. The Morgan fingerprint density at radius 1 is 0.838 bits per heavy atom. The molecule has 196 valence electrons. The molecular weight excluding hydrogens is 478 g/mol. The number of ether oxygens (including phenoxy) is 5. The first-order valence-corrected chi connectivity index (χ1v) is 12.0. The molecule has 9 nitrogen and oxygen atoms in total. The largest absolute Gasteiger partial charge is 0.387 e. The zero-order chi connectivity index (χ0) is 26.0. The summed E-state index contributed by atoms with van der Waals surface area (Å²) >= 11 is 0. The third-order valence-corrected chi connectivity index (χ3v) is 6.15. The van der Waals surface area contributed by atoms with Crippen LogP contribution in [-0.2, 0) is 43.5 Å². The van der Waals surface area contributed by atoms with Gasteiger partial charge in [-0.3, -0.25) is 10.1 Å². The number of aliphatic hydroxyl groups excluding tert-OH is 1. The van der Waals surface area contributed by atoms with Crippen LogP contribution in [0.5, 0.6) is 0 Å². The molecule has 0 bridgehead atoms. The van der Waals surface area contributed by atoms with Crippen molar-refractivity contribution in [2.75, 3.05) is 13.7 Å². The van der Waals surface area contributed by atoms with Gasteiger partial charge in [0, 0.05) is 13.2 Å². The highest BCUT2D eigenvalue weighted by atomic mass is 16.7. The molecule has 0 saturated carbocycles. The van der Waals surface area contributed by atoms with Crippen LogP contribution < -0.4 is 0 Å². The van der Waals surface area contributed by atoms with E-state index in [4.69, 9.17) is 23.7 Å². The van der Waals surface area contributed by atoms with Crippen LogP contribution in [0.25, 0.3) is 0 Å². The molecule has 1 aliphatic heterocycles. The van der Waals surface area contributed by atoms with E-state index in [0.717, 1.165) is 11.1 Å². The van der Waals surface area contributed by atoms with Crippen molar-refractivity contribution in [2.24, 2.45) is 0 Å². The quantitative estimate of drug-likeness (QED) is 0.288. The Kier molecular flexibility index (Phi) is 9.72. The Bertz CT molecular complexity index is 1110. The molecule has 1 N–H and O–H groups in total. The van der Waals surface area contributed by atoms with E-state index in [2.05, 4.69) is 0 Å². The Morgan fingerprint density at radius 3 is 2.00 bits per heavy atom. The minimum absolute atomic E-state index is 0.00907. The molecule has 3 aromatic carbocycles. The van der Waals surface area contributed by atoms with E-state index in [-0.39, 0.29) is 32.1 Å². The van der Waals surface area contributed by atoms with Crippen molar-refractivity contribution >= 4 is 5.69 Å². The lowest BCUT2D eigenvalue weighted by Gasteiger charge is -2.43. The number of para-hydroxylation sites is 1. The Morgan fingerprint density at radius 2 is 1.41 bits per heavy atom. The highest BCUT2D eigenvalue weighted by molar-refractivity contribution is 5.39. The van der Waals surface area contributed by atoms with Gasteiger partial charge in [0.2, 0.25) is 0 Å². The highest BCUT2D eigenvalue weighted by Crippen LogP contribution is 2.29. The zero-order valence-electron chi connectivity index (χ0n) is 20.6. The summed E-state index contributed by atoms with van der Waals surface area (Å²) in [4.78, 5) is 10.8. The standard InChI is InChI=1S/C28H31NO8/c1-33-28-27(36-17-21-12-6-3-7-13-21)26(35-16-20-10-4-2-5-11-20)25(30)24(37-28)19-34-18-22-14-8-9-15-23(22)29(31)32/h2-15,24-28,30H,16-19H2,1H3/t24-,25-,26+,27+,28+/m1/s1. The minimum Gasteiger partial charge on any atom is -0.387 e. The summed E-state index contributed by atoms with van der Waals surface area (Å²) in [5, 5.41) is 22.5. The van der Waals surface area contributed by atoms with Gasteiger partial charge in [0.25, 0.3) is 5.69 Å². The molecule has 1 aliphatic rings. The van der Waals surface area contributed by atoms with Crippen molar-refractivity contribution < 1.29 is 33.7 Å². The van der Waals surface area contributed by atoms with E-state index in [0.29, 0.717) is 5.56 Å². The second-order valence-corrected chi connectivity index (χ2v) is 8.69. The summed E-state index contributed by atoms with van der Waals surface area (Å²) in [6, 6.07) is 25.7. The monoisotopic (exact) mass is 509 g/mol. The van der Waals surface area contributed by atoms with Crippen LogP contribution >= 0.6 is 0 Å². The second kappa shape index (κ2) is 13.4. The molecule has 5 atom stereocenters. The Labute approximate surface area is 215 Å². The second-order valence-electron chi connectivity index (χ2n) is 8.69. The summed E-state index contributed by atoms with van der Waals surface area (Å²) in [7, 11) is 1.50. The van der Waals surface area contributed by atoms with Crippen LogP contribution in [0.15, 0.2) is 84.9 Å². The lowest BCUT2D eigenvalue weighted by Crippen LogP contribution is -2.60. The topological polar surface area (TPSA) is 110 Å². The first kappa shape index (κ1) is 26.9. The molecule has 1 fully saturated rings. The lowest BCUT2D eigenvalue weighted by atomic mass is 9.98. The van der Waals surface area contributed by atoms with Gasteiger partial charge in [-0.2, -0.15) is 0 Å². The van der Waals surface area contributed by atoms with E-state index in [1.807, 2.05) is 60.7 Å². The van der Waals surface area contributed by atoms with Gasteiger partial charge < -0.3 is 28.8 Å². The summed E-state index contributed by atoms with van der Waals surface area (Å²) in [6.07, 6.45) is -4.21. The summed E-state index contributed by atoms with van der Waals surface area (Å²) in [6.45, 7) is 0.508. The molecule has 1 heterocycles. The van der Waals surface area contributed by atoms with Crippen molar-refractivity contribution in [2.45, 2.75) is 50.5 Å². The maximum Gasteiger partial charge on any atom is 0.274 e. The van der Waals surface area contributed by atoms with Gasteiger partial charge in [0.05, 0.1) is 36.9 Å². The number of benzene rings is 3. The molecular formula is C28H31NO8. The molecule has 0 unspecified atom stereocenters. The number of hydrogen-bond acceptors (Lipinski definition) is 8. The van der Waals surface area contributed by atoms with Crippen LogP contribution in [0.2, 0.25) is 0 Å². The van der Waals surface area contributed by atoms with Crippen molar-refractivity contribution in [3.63, 3.8) is 0 Å². The fraction of sp³-hybridized carbons (Fsp3) is 0.357. The number of aliphatic hydroxyl groups is 1. The van der Waals surface area contributed by atoms with Crippen LogP contribution in [0.4, 0.5) is 5.69 Å². The molecule has 9 heteroatoms. The molecule has 3 aromatic rings. The van der Waals surface area contributed by atoms with Crippen LogP contribution in [0, 0.1) is 10.1 Å². The molecule has 0 spiro atoms. The summed E-state index contributed by atoms with van der Waals surface area (Å²) in [5.74, 6) is 0. The third kappa shape index (κ3) is 7.20. The number of rotatable bonds is 12. The van der Waals surface area contributed by atoms with Crippen LogP contribution in [-0.4, -0.2) is 54.5 Å². The van der Waals surface area contributed by atoms with Gasteiger partial charge in [0.1, 0.15) is 24.4 Å². The molecule has 1 saturated heterocycles. The average Bonchev–Trinajstić information content (AvgIpc) is 2.93. The molecule has 0 amide bonds. The number of nitro benzene ring substituents is 1. The maximum absolute atomic E-state index is 11.3. The summed E-state index contributed by atoms with van der Waals surface area (Å²) in [5.41, 5.74) is 2.31. The minimum atomic E-state index is -1.10. The number of methoxy groups -OCH3 is 1. The van der Waals surface area contributed by atoms with E-state index in [9.17, 15) is 15.2 Å². The fourth-order valence-corrected chi connectivity index (χ4v) is 4.21. The first-order chi connectivity index (χ1) is 18.1. The van der Waals surface area contributed by atoms with Gasteiger partial charge in [-0.15, -0.1) is 0 Å².